The summed E-state index contributed by atoms with van der Waals surface area (Å²) in [5, 5.41) is 14.9. The SMILES string of the molecule is N#Cc1ccnc(N2C(=O)OCC2(C(=O)Nc2cncc(F)c2)[C@@H](C(=O)NC2CCC(F)(F)CC2)c2ccccc2Cl)c1. The number of ether oxygens (including phenoxy) is 1. The highest BCUT2D eigenvalue weighted by Gasteiger charge is 2.62. The summed E-state index contributed by atoms with van der Waals surface area (Å²) in [4.78, 5) is 50.8. The molecular weight excluding hydrogens is 589 g/mol. The Labute approximate surface area is 248 Å². The van der Waals surface area contributed by atoms with Crippen LogP contribution in [0.25, 0.3) is 0 Å². The second kappa shape index (κ2) is 11.9. The lowest BCUT2D eigenvalue weighted by Gasteiger charge is -2.40. The molecule has 5 rings (SSSR count). The molecule has 222 valence electrons. The van der Waals surface area contributed by atoms with Crippen LogP contribution in [0.15, 0.2) is 61.1 Å². The molecule has 0 spiro atoms. The number of rotatable bonds is 7. The van der Waals surface area contributed by atoms with Crippen LogP contribution in [0.1, 0.15) is 42.7 Å². The van der Waals surface area contributed by atoms with E-state index in [0.717, 1.165) is 23.4 Å². The van der Waals surface area contributed by atoms with Gasteiger partial charge in [-0.15, -0.1) is 0 Å². The Kier molecular flexibility index (Phi) is 8.23. The van der Waals surface area contributed by atoms with Crippen LogP contribution < -0.4 is 15.5 Å². The summed E-state index contributed by atoms with van der Waals surface area (Å²) in [6.07, 6.45) is 1.35. The van der Waals surface area contributed by atoms with E-state index < -0.39 is 66.6 Å². The molecule has 2 aromatic heterocycles. The van der Waals surface area contributed by atoms with Gasteiger partial charge in [0.05, 0.1) is 29.7 Å². The van der Waals surface area contributed by atoms with Crippen molar-refractivity contribution in [2.45, 2.75) is 49.1 Å². The molecule has 1 aromatic carbocycles. The van der Waals surface area contributed by atoms with Gasteiger partial charge in [0, 0.05) is 36.2 Å². The summed E-state index contributed by atoms with van der Waals surface area (Å²) in [5.74, 6) is -7.18. The number of amides is 3. The summed E-state index contributed by atoms with van der Waals surface area (Å²) in [5.41, 5.74) is -2.13. The third-order valence-electron chi connectivity index (χ3n) is 7.48. The zero-order chi connectivity index (χ0) is 30.8. The molecule has 2 N–H and O–H groups in total. The fourth-order valence-electron chi connectivity index (χ4n) is 5.40. The number of hydrogen-bond donors (Lipinski definition) is 2. The predicted molar refractivity (Wildman–Crippen MR) is 148 cm³/mol. The minimum absolute atomic E-state index is 0.0208. The van der Waals surface area contributed by atoms with Gasteiger partial charge in [-0.25, -0.2) is 27.8 Å². The van der Waals surface area contributed by atoms with Gasteiger partial charge in [-0.3, -0.25) is 14.6 Å². The zero-order valence-corrected chi connectivity index (χ0v) is 23.2. The fraction of sp³-hybridized carbons (Fsp3) is 0.310. The molecule has 1 aliphatic heterocycles. The molecule has 3 heterocycles. The zero-order valence-electron chi connectivity index (χ0n) is 22.4. The number of hydrogen-bond acceptors (Lipinski definition) is 7. The van der Waals surface area contributed by atoms with E-state index in [4.69, 9.17) is 16.3 Å². The first-order chi connectivity index (χ1) is 20.5. The third kappa shape index (κ3) is 5.96. The van der Waals surface area contributed by atoms with Gasteiger partial charge in [-0.2, -0.15) is 5.26 Å². The van der Waals surface area contributed by atoms with E-state index in [-0.39, 0.29) is 40.5 Å². The van der Waals surface area contributed by atoms with Crippen LogP contribution in [0.4, 0.5) is 29.5 Å². The lowest BCUT2D eigenvalue weighted by Crippen LogP contribution is -2.64. The molecular formula is C29H24ClF3N6O4. The van der Waals surface area contributed by atoms with Crippen LogP contribution in [0.3, 0.4) is 0 Å². The smallest absolute Gasteiger partial charge is 0.416 e. The van der Waals surface area contributed by atoms with Crippen molar-refractivity contribution in [1.29, 1.82) is 5.26 Å². The second-order valence-corrected chi connectivity index (χ2v) is 10.7. The topological polar surface area (TPSA) is 137 Å². The average molecular weight is 613 g/mol. The Bertz CT molecular complexity index is 1610. The van der Waals surface area contributed by atoms with Gasteiger partial charge < -0.3 is 15.4 Å². The molecule has 1 aliphatic carbocycles. The number of nitrogens with zero attached hydrogens (tertiary/aromatic N) is 4. The van der Waals surface area contributed by atoms with Crippen LogP contribution in [0.5, 0.6) is 0 Å². The molecule has 14 heteroatoms. The predicted octanol–water partition coefficient (Wildman–Crippen LogP) is 4.95. The molecule has 2 fully saturated rings. The standard InChI is InChI=1S/C29H24ClF3N6O4/c30-22-4-2-1-3-21(22)24(25(40)37-19-5-8-28(32,33)9-6-19)29(26(41)38-20-12-18(31)14-35-15-20)16-43-27(42)39(29)23-11-17(13-34)7-10-36-23/h1-4,7,10-12,14-15,19,24H,5-6,8-9,16H2,(H,37,40)(H,38,41)/t24-,29?/m1/s1. The minimum Gasteiger partial charge on any atom is -0.446 e. The van der Waals surface area contributed by atoms with Gasteiger partial charge in [-0.05, 0) is 36.6 Å². The van der Waals surface area contributed by atoms with E-state index in [1.807, 2.05) is 6.07 Å². The maximum Gasteiger partial charge on any atom is 0.416 e. The highest BCUT2D eigenvalue weighted by molar-refractivity contribution is 6.32. The molecule has 43 heavy (non-hydrogen) atoms. The number of benzene rings is 1. The van der Waals surface area contributed by atoms with E-state index in [0.29, 0.717) is 0 Å². The third-order valence-corrected chi connectivity index (χ3v) is 7.82. The highest BCUT2D eigenvalue weighted by atomic mass is 35.5. The molecule has 3 amide bonds. The number of nitrogens with one attached hydrogen (secondary N) is 2. The van der Waals surface area contributed by atoms with Crippen molar-refractivity contribution < 1.29 is 32.3 Å². The van der Waals surface area contributed by atoms with Crippen LogP contribution in [0, 0.1) is 17.1 Å². The number of nitriles is 1. The Morgan fingerprint density at radius 3 is 2.60 bits per heavy atom. The summed E-state index contributed by atoms with van der Waals surface area (Å²) < 4.78 is 47.2. The highest BCUT2D eigenvalue weighted by Crippen LogP contribution is 2.44. The Morgan fingerprint density at radius 2 is 1.91 bits per heavy atom. The number of halogens is 4. The Hall–Kier alpha value is -4.70. The summed E-state index contributed by atoms with van der Waals surface area (Å²) in [6.45, 7) is -0.690. The van der Waals surface area contributed by atoms with Gasteiger partial charge in [0.15, 0.2) is 5.54 Å². The monoisotopic (exact) mass is 612 g/mol. The minimum atomic E-state index is -2.86. The van der Waals surface area contributed by atoms with Crippen LogP contribution >= 0.6 is 11.6 Å². The number of aromatic nitrogens is 2. The summed E-state index contributed by atoms with van der Waals surface area (Å²) >= 11 is 6.57. The maximum atomic E-state index is 14.4. The summed E-state index contributed by atoms with van der Waals surface area (Å²) in [6, 6.07) is 11.0. The first kappa shape index (κ1) is 29.8. The molecule has 1 saturated heterocycles. The molecule has 3 aromatic rings. The number of carbonyl (C=O) groups excluding carboxylic acids is 3. The van der Waals surface area contributed by atoms with Crippen LogP contribution in [-0.2, 0) is 14.3 Å². The molecule has 1 unspecified atom stereocenters. The normalized spacial score (nSPS) is 20.5. The van der Waals surface area contributed by atoms with E-state index in [2.05, 4.69) is 20.6 Å². The molecule has 0 bridgehead atoms. The van der Waals surface area contributed by atoms with Gasteiger partial charge in [-0.1, -0.05) is 29.8 Å². The van der Waals surface area contributed by atoms with Gasteiger partial charge >= 0.3 is 6.09 Å². The van der Waals surface area contributed by atoms with Crippen LogP contribution in [0.2, 0.25) is 5.02 Å². The molecule has 2 atom stereocenters. The first-order valence-corrected chi connectivity index (χ1v) is 13.6. The van der Waals surface area contributed by atoms with Gasteiger partial charge in [0.1, 0.15) is 24.2 Å². The van der Waals surface area contributed by atoms with Crippen molar-refractivity contribution in [2.75, 3.05) is 16.8 Å². The second-order valence-electron chi connectivity index (χ2n) is 10.3. The van der Waals surface area contributed by atoms with E-state index >= 15 is 0 Å². The van der Waals surface area contributed by atoms with Gasteiger partial charge in [0.25, 0.3) is 5.91 Å². The van der Waals surface area contributed by atoms with Crippen molar-refractivity contribution in [3.63, 3.8) is 0 Å². The summed E-state index contributed by atoms with van der Waals surface area (Å²) in [7, 11) is 0. The van der Waals surface area contributed by atoms with Crippen molar-refractivity contribution >= 4 is 41.0 Å². The van der Waals surface area contributed by atoms with Crippen LogP contribution in [-0.4, -0.2) is 52.0 Å². The largest absolute Gasteiger partial charge is 0.446 e. The number of carbonyl (C=O) groups is 3. The van der Waals surface area contributed by atoms with E-state index in [1.165, 1.54) is 30.5 Å². The van der Waals surface area contributed by atoms with Crippen molar-refractivity contribution in [3.05, 3.63) is 83.0 Å². The Morgan fingerprint density at radius 1 is 1.16 bits per heavy atom. The Balaban J connectivity index is 1.67. The fourth-order valence-corrected chi connectivity index (χ4v) is 5.64. The molecule has 1 saturated carbocycles. The van der Waals surface area contributed by atoms with Crippen molar-refractivity contribution in [1.82, 2.24) is 15.3 Å². The lowest BCUT2D eigenvalue weighted by atomic mass is 9.76. The van der Waals surface area contributed by atoms with E-state index in [1.54, 1.807) is 12.1 Å². The van der Waals surface area contributed by atoms with Gasteiger partial charge in [0.2, 0.25) is 11.8 Å². The lowest BCUT2D eigenvalue weighted by molar-refractivity contribution is -0.131. The molecule has 10 nitrogen and oxygen atoms in total. The number of cyclic esters (lactones) is 1. The first-order valence-electron chi connectivity index (χ1n) is 13.2. The number of pyridine rings is 2. The maximum absolute atomic E-state index is 14.4. The number of anilines is 2. The molecule has 2 aliphatic rings. The quantitative estimate of drug-likeness (QED) is 0.385. The average Bonchev–Trinajstić information content (AvgIpc) is 3.32. The molecule has 0 radical (unpaired) electrons. The van der Waals surface area contributed by atoms with Crippen molar-refractivity contribution in [3.8, 4) is 6.07 Å². The van der Waals surface area contributed by atoms with Crippen molar-refractivity contribution in [2.24, 2.45) is 0 Å². The number of alkyl halides is 2. The van der Waals surface area contributed by atoms with E-state index in [9.17, 15) is 32.8 Å².